The van der Waals surface area contributed by atoms with E-state index in [9.17, 15) is 14.4 Å². The van der Waals surface area contributed by atoms with Gasteiger partial charge < -0.3 is 10.1 Å². The van der Waals surface area contributed by atoms with Crippen molar-refractivity contribution in [3.63, 3.8) is 0 Å². The van der Waals surface area contributed by atoms with Crippen molar-refractivity contribution in [2.75, 3.05) is 11.9 Å². The minimum atomic E-state index is -0.298. The van der Waals surface area contributed by atoms with Crippen molar-refractivity contribution in [2.24, 2.45) is 5.92 Å². The van der Waals surface area contributed by atoms with E-state index in [1.165, 1.54) is 0 Å². The number of aryl methyl sites for hydroxylation is 1. The van der Waals surface area contributed by atoms with Crippen molar-refractivity contribution in [1.29, 1.82) is 0 Å². The summed E-state index contributed by atoms with van der Waals surface area (Å²) >= 11 is 0. The summed E-state index contributed by atoms with van der Waals surface area (Å²) in [7, 11) is 0. The molecule has 1 aromatic carbocycles. The summed E-state index contributed by atoms with van der Waals surface area (Å²) in [5, 5.41) is 2.78. The van der Waals surface area contributed by atoms with Crippen molar-refractivity contribution in [3.05, 3.63) is 41.5 Å². The topological polar surface area (TPSA) is 72.5 Å². The molecule has 23 heavy (non-hydrogen) atoms. The molecule has 5 nitrogen and oxygen atoms in total. The maximum absolute atomic E-state index is 12.2. The quantitative estimate of drug-likeness (QED) is 0.527. The van der Waals surface area contributed by atoms with Crippen LogP contribution in [0.3, 0.4) is 0 Å². The Morgan fingerprint density at radius 1 is 1.22 bits per heavy atom. The second kappa shape index (κ2) is 6.77. The van der Waals surface area contributed by atoms with E-state index in [2.05, 4.69) is 11.4 Å². The third-order valence-corrected chi connectivity index (χ3v) is 4.27. The average molecular weight is 313 g/mol. The summed E-state index contributed by atoms with van der Waals surface area (Å²) in [5.74, 6) is -0.657. The number of hydrogen-bond donors (Lipinski definition) is 1. The molecule has 1 amide bonds. The van der Waals surface area contributed by atoms with E-state index in [4.69, 9.17) is 4.74 Å². The molecular weight excluding hydrogens is 294 g/mol. The van der Waals surface area contributed by atoms with E-state index in [-0.39, 0.29) is 30.2 Å². The largest absolute Gasteiger partial charge is 0.457 e. The van der Waals surface area contributed by atoms with Gasteiger partial charge in [-0.25, -0.2) is 0 Å². The molecule has 1 heterocycles. The number of nitrogens with one attached hydrogen (secondary N) is 1. The first kappa shape index (κ1) is 15.5. The smallest absolute Gasteiger partial charge is 0.309 e. The standard InChI is InChI=1S/C18H19NO4/c20-16(11-23-18(22)12-4-2-1-3-5-12)14-6-8-15-13(10-14)7-9-17(21)19-15/h1-2,6,8,10,12H,3-5,7,9,11H2,(H,19,21). The Bertz CT molecular complexity index is 678. The van der Waals surface area contributed by atoms with Crippen molar-refractivity contribution in [3.8, 4) is 0 Å². The number of hydrogen-bond acceptors (Lipinski definition) is 4. The lowest BCUT2D eigenvalue weighted by Crippen LogP contribution is -2.23. The Morgan fingerprint density at radius 3 is 2.87 bits per heavy atom. The molecule has 3 rings (SSSR count). The van der Waals surface area contributed by atoms with Crippen LogP contribution in [0.4, 0.5) is 5.69 Å². The Balaban J connectivity index is 1.59. The normalized spacial score (nSPS) is 19.7. The van der Waals surface area contributed by atoms with E-state index < -0.39 is 0 Å². The number of fused-ring (bicyclic) bond motifs is 1. The Labute approximate surface area is 134 Å². The molecule has 1 atom stereocenters. The first-order valence-corrected chi connectivity index (χ1v) is 7.91. The fourth-order valence-electron chi connectivity index (χ4n) is 2.90. The highest BCUT2D eigenvalue weighted by atomic mass is 16.5. The molecule has 0 aromatic heterocycles. The molecule has 120 valence electrons. The molecule has 1 aliphatic carbocycles. The zero-order valence-electron chi connectivity index (χ0n) is 12.8. The molecule has 5 heteroatoms. The van der Waals surface area contributed by atoms with Gasteiger partial charge in [-0.1, -0.05) is 12.2 Å². The van der Waals surface area contributed by atoms with Crippen LogP contribution in [0.2, 0.25) is 0 Å². The maximum atomic E-state index is 12.2. The molecule has 0 bridgehead atoms. The lowest BCUT2D eigenvalue weighted by Gasteiger charge is -2.18. The van der Waals surface area contributed by atoms with Gasteiger partial charge >= 0.3 is 5.97 Å². The van der Waals surface area contributed by atoms with Crippen molar-refractivity contribution in [2.45, 2.75) is 32.1 Å². The van der Waals surface area contributed by atoms with Crippen LogP contribution in [0.5, 0.6) is 0 Å². The number of esters is 1. The molecule has 0 saturated heterocycles. The van der Waals surface area contributed by atoms with Gasteiger partial charge in [0, 0.05) is 17.7 Å². The molecule has 1 aliphatic heterocycles. The third kappa shape index (κ3) is 3.67. The number of ether oxygens (including phenoxy) is 1. The van der Waals surface area contributed by atoms with Crippen LogP contribution in [0.15, 0.2) is 30.4 Å². The number of benzene rings is 1. The Morgan fingerprint density at radius 2 is 2.09 bits per heavy atom. The van der Waals surface area contributed by atoms with E-state index >= 15 is 0 Å². The molecule has 1 N–H and O–H groups in total. The predicted molar refractivity (Wildman–Crippen MR) is 85.2 cm³/mol. The predicted octanol–water partition coefficient (Wildman–Crippen LogP) is 2.65. The van der Waals surface area contributed by atoms with Gasteiger partial charge in [0.05, 0.1) is 5.92 Å². The number of amides is 1. The second-order valence-corrected chi connectivity index (χ2v) is 5.93. The van der Waals surface area contributed by atoms with E-state index in [0.29, 0.717) is 24.8 Å². The number of Topliss-reactive ketones (excluding diaryl/α,β-unsaturated/α-hetero) is 1. The zero-order chi connectivity index (χ0) is 16.2. The Hall–Kier alpha value is -2.43. The van der Waals surface area contributed by atoms with Crippen LogP contribution in [0.1, 0.15) is 41.6 Å². The van der Waals surface area contributed by atoms with Gasteiger partial charge in [-0.15, -0.1) is 0 Å². The minimum Gasteiger partial charge on any atom is -0.457 e. The monoisotopic (exact) mass is 313 g/mol. The van der Waals surface area contributed by atoms with Gasteiger partial charge in [0.25, 0.3) is 0 Å². The van der Waals surface area contributed by atoms with Gasteiger partial charge in [-0.3, -0.25) is 14.4 Å². The fraction of sp³-hybridized carbons (Fsp3) is 0.389. The van der Waals surface area contributed by atoms with Gasteiger partial charge in [-0.05, 0) is 49.4 Å². The lowest BCUT2D eigenvalue weighted by atomic mass is 9.95. The Kier molecular flexibility index (Phi) is 4.55. The number of carbonyl (C=O) groups excluding carboxylic acids is 3. The summed E-state index contributed by atoms with van der Waals surface area (Å²) in [6.45, 7) is -0.232. The lowest BCUT2D eigenvalue weighted by molar-refractivity contribution is -0.147. The van der Waals surface area contributed by atoms with E-state index in [1.54, 1.807) is 18.2 Å². The van der Waals surface area contributed by atoms with Gasteiger partial charge in [0.15, 0.2) is 12.4 Å². The van der Waals surface area contributed by atoms with Crippen LogP contribution >= 0.6 is 0 Å². The highest BCUT2D eigenvalue weighted by Crippen LogP contribution is 2.24. The van der Waals surface area contributed by atoms with Crippen molar-refractivity contribution in [1.82, 2.24) is 0 Å². The van der Waals surface area contributed by atoms with Crippen LogP contribution in [0.25, 0.3) is 0 Å². The number of carbonyl (C=O) groups is 3. The first-order valence-electron chi connectivity index (χ1n) is 7.91. The van der Waals surface area contributed by atoms with Crippen LogP contribution in [-0.2, 0) is 20.7 Å². The molecular formula is C18H19NO4. The SMILES string of the molecule is O=C1CCc2cc(C(=O)COC(=O)C3CC=CCC3)ccc2N1. The highest BCUT2D eigenvalue weighted by Gasteiger charge is 2.22. The summed E-state index contributed by atoms with van der Waals surface area (Å²) in [6, 6.07) is 5.16. The molecule has 0 saturated carbocycles. The number of allylic oxidation sites excluding steroid dienone is 2. The summed E-state index contributed by atoms with van der Waals surface area (Å²) in [6.07, 6.45) is 7.43. The van der Waals surface area contributed by atoms with Crippen molar-refractivity contribution >= 4 is 23.3 Å². The van der Waals surface area contributed by atoms with E-state index in [1.807, 2.05) is 6.08 Å². The number of ketones is 1. The second-order valence-electron chi connectivity index (χ2n) is 5.93. The molecule has 2 aliphatic rings. The highest BCUT2D eigenvalue weighted by molar-refractivity contribution is 6.00. The number of anilines is 1. The van der Waals surface area contributed by atoms with Gasteiger partial charge in [-0.2, -0.15) is 0 Å². The minimum absolute atomic E-state index is 0.00737. The van der Waals surface area contributed by atoms with Gasteiger partial charge in [0.2, 0.25) is 5.91 Å². The fourth-order valence-corrected chi connectivity index (χ4v) is 2.90. The average Bonchev–Trinajstić information content (AvgIpc) is 2.59. The van der Waals surface area contributed by atoms with Crippen LogP contribution < -0.4 is 5.32 Å². The third-order valence-electron chi connectivity index (χ3n) is 4.27. The van der Waals surface area contributed by atoms with E-state index in [0.717, 1.165) is 24.1 Å². The molecule has 0 spiro atoms. The summed E-state index contributed by atoms with van der Waals surface area (Å²) in [4.78, 5) is 35.5. The van der Waals surface area contributed by atoms with Crippen LogP contribution in [0, 0.1) is 5.92 Å². The summed E-state index contributed by atoms with van der Waals surface area (Å²) < 4.78 is 5.17. The maximum Gasteiger partial charge on any atom is 0.309 e. The molecule has 1 aromatic rings. The summed E-state index contributed by atoms with van der Waals surface area (Å²) in [5.41, 5.74) is 2.21. The zero-order valence-corrected chi connectivity index (χ0v) is 12.8. The first-order chi connectivity index (χ1) is 11.1. The number of rotatable bonds is 4. The van der Waals surface area contributed by atoms with Crippen LogP contribution in [-0.4, -0.2) is 24.3 Å². The molecule has 0 radical (unpaired) electrons. The van der Waals surface area contributed by atoms with Crippen molar-refractivity contribution < 1.29 is 19.1 Å². The van der Waals surface area contributed by atoms with Gasteiger partial charge in [0.1, 0.15) is 0 Å². The molecule has 0 fully saturated rings. The molecule has 1 unspecified atom stereocenters.